The van der Waals surface area contributed by atoms with Gasteiger partial charge < -0.3 is 5.32 Å². The molecule has 134 valence electrons. The molecule has 0 fully saturated rings. The molecule has 2 aromatic carbocycles. The SMILES string of the molecule is O=C(Cn1cnc2ccccc2c1=O)NCCSCc1ccc(Cl)cc1. The fourth-order valence-electron chi connectivity index (χ4n) is 2.46. The van der Waals surface area contributed by atoms with Gasteiger partial charge in [0.2, 0.25) is 5.91 Å². The fourth-order valence-corrected chi connectivity index (χ4v) is 3.41. The molecule has 0 aliphatic rings. The van der Waals surface area contributed by atoms with Crippen molar-refractivity contribution in [3.63, 3.8) is 0 Å². The highest BCUT2D eigenvalue weighted by atomic mass is 35.5. The Hall–Kier alpha value is -2.31. The number of benzene rings is 2. The third-order valence-electron chi connectivity index (χ3n) is 3.80. The molecule has 0 saturated heterocycles. The van der Waals surface area contributed by atoms with E-state index < -0.39 is 0 Å². The quantitative estimate of drug-likeness (QED) is 0.633. The molecule has 0 unspecified atom stereocenters. The van der Waals surface area contributed by atoms with Crippen molar-refractivity contribution in [2.45, 2.75) is 12.3 Å². The zero-order valence-corrected chi connectivity index (χ0v) is 15.6. The molecule has 0 spiro atoms. The average Bonchev–Trinajstić information content (AvgIpc) is 2.65. The van der Waals surface area contributed by atoms with E-state index in [4.69, 9.17) is 11.6 Å². The smallest absolute Gasteiger partial charge is 0.261 e. The van der Waals surface area contributed by atoms with Crippen molar-refractivity contribution in [2.24, 2.45) is 0 Å². The van der Waals surface area contributed by atoms with Crippen molar-refractivity contribution >= 4 is 40.2 Å². The molecular weight excluding hydrogens is 370 g/mol. The Balaban J connectivity index is 1.45. The van der Waals surface area contributed by atoms with E-state index in [0.29, 0.717) is 17.4 Å². The summed E-state index contributed by atoms with van der Waals surface area (Å²) < 4.78 is 1.33. The van der Waals surface area contributed by atoms with E-state index in [1.165, 1.54) is 16.5 Å². The van der Waals surface area contributed by atoms with Crippen LogP contribution in [0.4, 0.5) is 0 Å². The van der Waals surface area contributed by atoms with E-state index in [1.54, 1.807) is 30.0 Å². The van der Waals surface area contributed by atoms with Crippen molar-refractivity contribution in [3.8, 4) is 0 Å². The molecular formula is C19H18ClN3O2S. The highest BCUT2D eigenvalue weighted by Gasteiger charge is 2.07. The van der Waals surface area contributed by atoms with Crippen LogP contribution in [0.3, 0.4) is 0 Å². The van der Waals surface area contributed by atoms with Crippen LogP contribution in [0.2, 0.25) is 5.02 Å². The van der Waals surface area contributed by atoms with E-state index >= 15 is 0 Å². The third kappa shape index (κ3) is 4.86. The molecule has 3 rings (SSSR count). The second-order valence-corrected chi connectivity index (χ2v) is 7.27. The molecule has 0 bridgehead atoms. The monoisotopic (exact) mass is 387 g/mol. The summed E-state index contributed by atoms with van der Waals surface area (Å²) in [5.41, 5.74) is 1.62. The number of nitrogens with zero attached hydrogens (tertiary/aromatic N) is 2. The number of hydrogen-bond acceptors (Lipinski definition) is 4. The molecule has 7 heteroatoms. The lowest BCUT2D eigenvalue weighted by Gasteiger charge is -2.08. The Morgan fingerprint density at radius 2 is 1.92 bits per heavy atom. The van der Waals surface area contributed by atoms with Crippen LogP contribution in [-0.4, -0.2) is 27.8 Å². The van der Waals surface area contributed by atoms with E-state index in [-0.39, 0.29) is 18.0 Å². The molecule has 5 nitrogen and oxygen atoms in total. The molecule has 26 heavy (non-hydrogen) atoms. The topological polar surface area (TPSA) is 64.0 Å². The number of rotatable bonds is 7. The number of nitrogens with one attached hydrogen (secondary N) is 1. The maximum atomic E-state index is 12.4. The van der Waals surface area contributed by atoms with Crippen LogP contribution in [-0.2, 0) is 17.1 Å². The number of carbonyl (C=O) groups excluding carboxylic acids is 1. The summed E-state index contributed by atoms with van der Waals surface area (Å²) in [5, 5.41) is 4.07. The first kappa shape index (κ1) is 18.5. The Bertz CT molecular complexity index is 957. The van der Waals surface area contributed by atoms with Gasteiger partial charge in [0.05, 0.1) is 17.2 Å². The van der Waals surface area contributed by atoms with Crippen LogP contribution in [0.1, 0.15) is 5.56 Å². The fraction of sp³-hybridized carbons (Fsp3) is 0.211. The number of amides is 1. The van der Waals surface area contributed by atoms with Crippen molar-refractivity contribution in [2.75, 3.05) is 12.3 Å². The second kappa shape index (κ2) is 8.87. The van der Waals surface area contributed by atoms with Gasteiger partial charge in [0.1, 0.15) is 6.54 Å². The van der Waals surface area contributed by atoms with Crippen molar-refractivity contribution in [1.82, 2.24) is 14.9 Å². The molecule has 3 aromatic rings. The lowest BCUT2D eigenvalue weighted by molar-refractivity contribution is -0.121. The van der Waals surface area contributed by atoms with Gasteiger partial charge in [-0.1, -0.05) is 35.9 Å². The van der Waals surface area contributed by atoms with Crippen molar-refractivity contribution < 1.29 is 4.79 Å². The number of aromatic nitrogens is 2. The first-order valence-corrected chi connectivity index (χ1v) is 9.70. The van der Waals surface area contributed by atoms with Gasteiger partial charge in [-0.05, 0) is 29.8 Å². The summed E-state index contributed by atoms with van der Waals surface area (Å²) in [4.78, 5) is 28.6. The Morgan fingerprint density at radius 1 is 1.15 bits per heavy atom. The molecule has 1 heterocycles. The maximum Gasteiger partial charge on any atom is 0.261 e. The number of para-hydroxylation sites is 1. The highest BCUT2D eigenvalue weighted by Crippen LogP contribution is 2.15. The van der Waals surface area contributed by atoms with E-state index in [2.05, 4.69) is 10.3 Å². The van der Waals surface area contributed by atoms with Crippen molar-refractivity contribution in [1.29, 1.82) is 0 Å². The minimum atomic E-state index is -0.206. The van der Waals surface area contributed by atoms with E-state index in [1.807, 2.05) is 30.3 Å². The number of thioether (sulfide) groups is 1. The summed E-state index contributed by atoms with van der Waals surface area (Å²) in [6.07, 6.45) is 1.42. The van der Waals surface area contributed by atoms with Crippen LogP contribution >= 0.6 is 23.4 Å². The standard InChI is InChI=1S/C19H18ClN3O2S/c20-15-7-5-14(6-8-15)12-26-10-9-21-18(24)11-23-13-22-17-4-2-1-3-16(17)19(23)25/h1-8,13H,9-12H2,(H,21,24). The molecule has 1 aromatic heterocycles. The summed E-state index contributed by atoms with van der Waals surface area (Å²) in [5.74, 6) is 1.46. The third-order valence-corrected chi connectivity index (χ3v) is 5.08. The largest absolute Gasteiger partial charge is 0.354 e. The Morgan fingerprint density at radius 3 is 2.73 bits per heavy atom. The Labute approximate surface area is 160 Å². The first-order valence-electron chi connectivity index (χ1n) is 8.16. The normalized spacial score (nSPS) is 10.8. The van der Waals surface area contributed by atoms with Gasteiger partial charge in [-0.2, -0.15) is 11.8 Å². The van der Waals surface area contributed by atoms with Gasteiger partial charge in [-0.3, -0.25) is 14.2 Å². The summed E-state index contributed by atoms with van der Waals surface area (Å²) in [6, 6.07) is 14.8. The molecule has 0 saturated carbocycles. The first-order chi connectivity index (χ1) is 12.6. The van der Waals surface area contributed by atoms with E-state index in [9.17, 15) is 9.59 Å². The number of fused-ring (bicyclic) bond motifs is 1. The number of hydrogen-bond donors (Lipinski definition) is 1. The number of halogens is 1. The van der Waals surface area contributed by atoms with Gasteiger partial charge >= 0.3 is 0 Å². The van der Waals surface area contributed by atoms with Gasteiger partial charge in [0.15, 0.2) is 0 Å². The van der Waals surface area contributed by atoms with Gasteiger partial charge in [-0.25, -0.2) is 4.98 Å². The van der Waals surface area contributed by atoms with Crippen molar-refractivity contribution in [3.05, 3.63) is 75.8 Å². The second-order valence-electron chi connectivity index (χ2n) is 5.72. The summed E-state index contributed by atoms with van der Waals surface area (Å²) in [7, 11) is 0. The minimum Gasteiger partial charge on any atom is -0.354 e. The van der Waals surface area contributed by atoms with E-state index in [0.717, 1.165) is 16.5 Å². The lowest BCUT2D eigenvalue weighted by Crippen LogP contribution is -2.33. The molecule has 0 atom stereocenters. The minimum absolute atomic E-state index is 0.0292. The van der Waals surface area contributed by atoms with Crippen LogP contribution in [0.15, 0.2) is 59.7 Å². The molecule has 0 radical (unpaired) electrons. The zero-order valence-electron chi connectivity index (χ0n) is 14.0. The van der Waals surface area contributed by atoms with Gasteiger partial charge in [-0.15, -0.1) is 0 Å². The average molecular weight is 388 g/mol. The molecule has 0 aliphatic carbocycles. The highest BCUT2D eigenvalue weighted by molar-refractivity contribution is 7.98. The van der Waals surface area contributed by atoms with Crippen LogP contribution < -0.4 is 10.9 Å². The lowest BCUT2D eigenvalue weighted by atomic mass is 10.2. The van der Waals surface area contributed by atoms with Crippen LogP contribution in [0.5, 0.6) is 0 Å². The summed E-state index contributed by atoms with van der Waals surface area (Å²) >= 11 is 7.58. The molecule has 1 N–H and O–H groups in total. The number of carbonyl (C=O) groups is 1. The van der Waals surface area contributed by atoms with Gasteiger partial charge in [0, 0.05) is 23.1 Å². The maximum absolute atomic E-state index is 12.4. The molecule has 1 amide bonds. The summed E-state index contributed by atoms with van der Waals surface area (Å²) in [6.45, 7) is 0.519. The predicted octanol–water partition coefficient (Wildman–Crippen LogP) is 3.10. The molecule has 0 aliphatic heterocycles. The Kier molecular flexibility index (Phi) is 6.30. The zero-order chi connectivity index (χ0) is 18.4. The van der Waals surface area contributed by atoms with Crippen LogP contribution in [0.25, 0.3) is 10.9 Å². The van der Waals surface area contributed by atoms with Crippen LogP contribution in [0, 0.1) is 0 Å². The van der Waals surface area contributed by atoms with Gasteiger partial charge in [0.25, 0.3) is 5.56 Å². The predicted molar refractivity (Wildman–Crippen MR) is 107 cm³/mol.